The van der Waals surface area contributed by atoms with Crippen LogP contribution in [-0.2, 0) is 17.8 Å². The Kier molecular flexibility index (Phi) is 4.71. The lowest BCUT2D eigenvalue weighted by atomic mass is 10.0. The van der Waals surface area contributed by atoms with Gasteiger partial charge in [0.2, 0.25) is 0 Å². The van der Waals surface area contributed by atoms with E-state index in [1.54, 1.807) is 37.4 Å². The first-order valence-electron chi connectivity index (χ1n) is 6.55. The molecule has 2 N–H and O–H groups in total. The minimum absolute atomic E-state index is 0.00834. The number of carboxylic acid groups (broad SMARTS) is 1. The van der Waals surface area contributed by atoms with Crippen LogP contribution in [0.5, 0.6) is 0 Å². The Balaban J connectivity index is 2.02. The average molecular weight is 288 g/mol. The molecule has 0 bridgehead atoms. The molecule has 0 saturated heterocycles. The van der Waals surface area contributed by atoms with Gasteiger partial charge in [-0.15, -0.1) is 0 Å². The normalized spacial score (nSPS) is 10.3. The molecule has 0 saturated carbocycles. The van der Waals surface area contributed by atoms with Crippen molar-refractivity contribution < 1.29 is 19.1 Å². The molecule has 6 nitrogen and oxygen atoms in total. The molecule has 0 aliphatic rings. The van der Waals surface area contributed by atoms with E-state index < -0.39 is 5.97 Å². The van der Waals surface area contributed by atoms with Gasteiger partial charge in [-0.05, 0) is 18.1 Å². The zero-order valence-corrected chi connectivity index (χ0v) is 11.6. The fourth-order valence-electron chi connectivity index (χ4n) is 1.95. The van der Waals surface area contributed by atoms with Crippen LogP contribution < -0.4 is 5.32 Å². The number of amides is 1. The van der Waals surface area contributed by atoms with Crippen LogP contribution in [0.4, 0.5) is 0 Å². The molecule has 0 fully saturated rings. The van der Waals surface area contributed by atoms with Crippen molar-refractivity contribution in [3.05, 3.63) is 53.2 Å². The third-order valence-corrected chi connectivity index (χ3v) is 2.96. The fraction of sp³-hybridized carbons (Fsp3) is 0.267. The molecule has 0 aliphatic carbocycles. The highest BCUT2D eigenvalue weighted by atomic mass is 16.4. The van der Waals surface area contributed by atoms with Gasteiger partial charge in [0, 0.05) is 18.9 Å². The molecule has 0 radical (unpaired) electrons. The summed E-state index contributed by atoms with van der Waals surface area (Å²) < 4.78 is 5.28. The van der Waals surface area contributed by atoms with E-state index in [1.165, 1.54) is 0 Å². The van der Waals surface area contributed by atoms with Gasteiger partial charge in [-0.3, -0.25) is 9.59 Å². The molecular formula is C15H16N2O4. The summed E-state index contributed by atoms with van der Waals surface area (Å²) in [5.74, 6) is -0.0302. The van der Waals surface area contributed by atoms with Crippen LogP contribution >= 0.6 is 0 Å². The van der Waals surface area contributed by atoms with Gasteiger partial charge in [0.15, 0.2) is 5.89 Å². The quantitative estimate of drug-likeness (QED) is 0.847. The molecule has 1 heterocycles. The lowest BCUT2D eigenvalue weighted by molar-refractivity contribution is -0.136. The van der Waals surface area contributed by atoms with Gasteiger partial charge in [-0.25, -0.2) is 4.98 Å². The van der Waals surface area contributed by atoms with Crippen molar-refractivity contribution >= 4 is 11.9 Å². The van der Waals surface area contributed by atoms with Crippen molar-refractivity contribution in [1.82, 2.24) is 10.3 Å². The Morgan fingerprint density at radius 2 is 2.10 bits per heavy atom. The standard InChI is InChI=1S/C15H16N2O4/c1-10-16-8-12(21-10)9-17-15(20)13-5-3-2-4-11(13)6-7-14(18)19/h2-5,8H,6-7,9H2,1H3,(H,17,20)(H,18,19). The minimum Gasteiger partial charge on any atom is -0.481 e. The number of carbonyl (C=O) groups excluding carboxylic acids is 1. The molecule has 110 valence electrons. The monoisotopic (exact) mass is 288 g/mol. The van der Waals surface area contributed by atoms with Gasteiger partial charge in [0.05, 0.1) is 12.7 Å². The van der Waals surface area contributed by atoms with Crippen LogP contribution in [0.25, 0.3) is 0 Å². The molecule has 21 heavy (non-hydrogen) atoms. The summed E-state index contributed by atoms with van der Waals surface area (Å²) in [4.78, 5) is 26.8. The van der Waals surface area contributed by atoms with Gasteiger partial charge in [0.1, 0.15) is 5.76 Å². The van der Waals surface area contributed by atoms with E-state index in [4.69, 9.17) is 9.52 Å². The summed E-state index contributed by atoms with van der Waals surface area (Å²) in [5.41, 5.74) is 1.20. The van der Waals surface area contributed by atoms with Gasteiger partial charge >= 0.3 is 5.97 Å². The van der Waals surface area contributed by atoms with Gasteiger partial charge in [-0.2, -0.15) is 0 Å². The molecule has 0 aliphatic heterocycles. The zero-order valence-electron chi connectivity index (χ0n) is 11.6. The van der Waals surface area contributed by atoms with Gasteiger partial charge in [0.25, 0.3) is 5.91 Å². The highest BCUT2D eigenvalue weighted by molar-refractivity contribution is 5.95. The maximum Gasteiger partial charge on any atom is 0.303 e. The predicted molar refractivity (Wildman–Crippen MR) is 74.8 cm³/mol. The number of carboxylic acids is 1. The number of benzene rings is 1. The van der Waals surface area contributed by atoms with E-state index in [2.05, 4.69) is 10.3 Å². The molecular weight excluding hydrogens is 272 g/mol. The first kappa shape index (κ1) is 14.8. The number of nitrogens with zero attached hydrogens (tertiary/aromatic N) is 1. The second-order valence-electron chi connectivity index (χ2n) is 4.58. The minimum atomic E-state index is -0.887. The second-order valence-corrected chi connectivity index (χ2v) is 4.58. The number of aliphatic carboxylic acids is 1. The smallest absolute Gasteiger partial charge is 0.303 e. The summed E-state index contributed by atoms with van der Waals surface area (Å²) in [5, 5.41) is 11.5. The molecule has 6 heteroatoms. The molecule has 1 aromatic carbocycles. The Bertz CT molecular complexity index is 649. The van der Waals surface area contributed by atoms with E-state index in [-0.39, 0.29) is 18.9 Å². The van der Waals surface area contributed by atoms with Crippen LogP contribution in [0, 0.1) is 6.92 Å². The van der Waals surface area contributed by atoms with E-state index in [1.807, 2.05) is 0 Å². The number of aryl methyl sites for hydroxylation is 2. The Morgan fingerprint density at radius 1 is 1.33 bits per heavy atom. The van der Waals surface area contributed by atoms with Gasteiger partial charge in [-0.1, -0.05) is 18.2 Å². The first-order valence-corrected chi connectivity index (χ1v) is 6.55. The number of aromatic nitrogens is 1. The topological polar surface area (TPSA) is 92.4 Å². The Morgan fingerprint density at radius 3 is 2.76 bits per heavy atom. The SMILES string of the molecule is Cc1ncc(CNC(=O)c2ccccc2CCC(=O)O)o1. The van der Waals surface area contributed by atoms with E-state index in [0.717, 1.165) is 0 Å². The first-order chi connectivity index (χ1) is 10.1. The maximum absolute atomic E-state index is 12.2. The van der Waals surface area contributed by atoms with E-state index in [0.29, 0.717) is 29.2 Å². The number of nitrogens with one attached hydrogen (secondary N) is 1. The highest BCUT2D eigenvalue weighted by Gasteiger charge is 2.12. The summed E-state index contributed by atoms with van der Waals surface area (Å²) in [6.45, 7) is 1.97. The number of carbonyl (C=O) groups is 2. The average Bonchev–Trinajstić information content (AvgIpc) is 2.88. The Hall–Kier alpha value is -2.63. The molecule has 1 amide bonds. The van der Waals surface area contributed by atoms with Crippen LogP contribution in [0.3, 0.4) is 0 Å². The summed E-state index contributed by atoms with van der Waals surface area (Å²) in [6, 6.07) is 6.97. The predicted octanol–water partition coefficient (Wildman–Crippen LogP) is 1.93. The van der Waals surface area contributed by atoms with Crippen molar-refractivity contribution in [3.63, 3.8) is 0 Å². The van der Waals surface area contributed by atoms with Crippen molar-refractivity contribution in [1.29, 1.82) is 0 Å². The van der Waals surface area contributed by atoms with Crippen molar-refractivity contribution in [2.24, 2.45) is 0 Å². The van der Waals surface area contributed by atoms with Gasteiger partial charge < -0.3 is 14.8 Å². The Labute approximate surface area is 121 Å². The number of oxazole rings is 1. The summed E-state index contributed by atoms with van der Waals surface area (Å²) in [7, 11) is 0. The lowest BCUT2D eigenvalue weighted by Crippen LogP contribution is -2.24. The molecule has 1 aromatic heterocycles. The van der Waals surface area contributed by atoms with Crippen molar-refractivity contribution in [2.75, 3.05) is 0 Å². The third kappa shape index (κ3) is 4.17. The maximum atomic E-state index is 12.2. The number of hydrogen-bond donors (Lipinski definition) is 2. The van der Waals surface area contributed by atoms with E-state index >= 15 is 0 Å². The lowest BCUT2D eigenvalue weighted by Gasteiger charge is -2.08. The van der Waals surface area contributed by atoms with E-state index in [9.17, 15) is 9.59 Å². The van der Waals surface area contributed by atoms with Crippen molar-refractivity contribution in [3.8, 4) is 0 Å². The molecule has 0 unspecified atom stereocenters. The fourth-order valence-corrected chi connectivity index (χ4v) is 1.95. The van der Waals surface area contributed by atoms with Crippen LogP contribution in [0.15, 0.2) is 34.9 Å². The van der Waals surface area contributed by atoms with Crippen molar-refractivity contribution in [2.45, 2.75) is 26.3 Å². The van der Waals surface area contributed by atoms with Crippen LogP contribution in [-0.4, -0.2) is 22.0 Å². The summed E-state index contributed by atoms with van der Waals surface area (Å²) >= 11 is 0. The third-order valence-electron chi connectivity index (χ3n) is 2.96. The summed E-state index contributed by atoms with van der Waals surface area (Å²) in [6.07, 6.45) is 1.87. The molecule has 2 aromatic rings. The van der Waals surface area contributed by atoms with Crippen LogP contribution in [0.2, 0.25) is 0 Å². The zero-order chi connectivity index (χ0) is 15.2. The highest BCUT2D eigenvalue weighted by Crippen LogP contribution is 2.12. The number of hydrogen-bond acceptors (Lipinski definition) is 4. The molecule has 0 atom stereocenters. The molecule has 2 rings (SSSR count). The van der Waals surface area contributed by atoms with Crippen LogP contribution in [0.1, 0.15) is 34.0 Å². The largest absolute Gasteiger partial charge is 0.481 e. The number of rotatable bonds is 6. The second kappa shape index (κ2) is 6.69. The molecule has 0 spiro atoms.